The third-order valence-corrected chi connectivity index (χ3v) is 4.52. The molecule has 26 heavy (non-hydrogen) atoms. The average Bonchev–Trinajstić information content (AvgIpc) is 3.21. The van der Waals surface area contributed by atoms with Gasteiger partial charge in [-0.05, 0) is 42.0 Å². The first-order chi connectivity index (χ1) is 12.6. The Kier molecular flexibility index (Phi) is 5.81. The van der Waals surface area contributed by atoms with Gasteiger partial charge in [-0.2, -0.15) is 0 Å². The van der Waals surface area contributed by atoms with Crippen LogP contribution in [0.2, 0.25) is 5.02 Å². The first-order valence-electron chi connectivity index (χ1n) is 7.80. The average molecular weight is 391 g/mol. The Bertz CT molecular complexity index is 850. The van der Waals surface area contributed by atoms with Crippen molar-refractivity contribution in [1.82, 2.24) is 9.55 Å². The first kappa shape index (κ1) is 18.3. The van der Waals surface area contributed by atoms with Gasteiger partial charge in [0.25, 0.3) is 0 Å². The molecule has 3 rings (SSSR count). The Hall–Kier alpha value is -2.50. The van der Waals surface area contributed by atoms with Gasteiger partial charge in [-0.25, -0.2) is 9.78 Å². The van der Waals surface area contributed by atoms with Crippen LogP contribution in [0.3, 0.4) is 0 Å². The number of carbonyl (C=O) groups excluding carboxylic acids is 1. The Morgan fingerprint density at radius 2 is 1.81 bits per heavy atom. The monoisotopic (exact) mass is 390 g/mol. The van der Waals surface area contributed by atoms with Crippen LogP contribution in [-0.2, 0) is 4.74 Å². The molecule has 5 nitrogen and oxygen atoms in total. The molecular formula is C19H16Cl2N2O3. The maximum absolute atomic E-state index is 12.6. The fourth-order valence-corrected chi connectivity index (χ4v) is 2.86. The van der Waals surface area contributed by atoms with E-state index in [0.29, 0.717) is 16.3 Å². The number of nitrogens with zero attached hydrogens (tertiary/aromatic N) is 2. The molecule has 0 saturated carbocycles. The highest BCUT2D eigenvalue weighted by Crippen LogP contribution is 2.34. The van der Waals surface area contributed by atoms with Gasteiger partial charge < -0.3 is 14.0 Å². The van der Waals surface area contributed by atoms with Gasteiger partial charge in [0.15, 0.2) is 6.10 Å². The predicted octanol–water partition coefficient (Wildman–Crippen LogP) is 4.88. The number of hydrogen-bond acceptors (Lipinski definition) is 4. The van der Waals surface area contributed by atoms with E-state index in [0.717, 1.165) is 5.56 Å². The number of carbonyl (C=O) groups is 1. The molecule has 2 atom stereocenters. The number of ether oxygens (including phenoxy) is 2. The number of methoxy groups -OCH3 is 1. The molecular weight excluding hydrogens is 375 g/mol. The van der Waals surface area contributed by atoms with Crippen molar-refractivity contribution in [1.29, 1.82) is 0 Å². The molecule has 0 fully saturated rings. The standard InChI is InChI=1S/C19H16Cl2N2O3/c1-25-16-8-4-14(5-9-16)19(24)26-17(13-2-6-15(20)7-3-13)18(21)23-11-10-22-12-23/h2-12,17-18H,1H3. The third-order valence-electron chi connectivity index (χ3n) is 3.82. The molecule has 0 saturated heterocycles. The largest absolute Gasteiger partial charge is 0.497 e. The Morgan fingerprint density at radius 3 is 2.38 bits per heavy atom. The van der Waals surface area contributed by atoms with Gasteiger partial charge in [0.05, 0.1) is 19.0 Å². The van der Waals surface area contributed by atoms with Crippen molar-refractivity contribution in [3.63, 3.8) is 0 Å². The highest BCUT2D eigenvalue weighted by molar-refractivity contribution is 6.30. The highest BCUT2D eigenvalue weighted by Gasteiger charge is 2.27. The molecule has 0 bridgehead atoms. The van der Waals surface area contributed by atoms with E-state index in [1.807, 2.05) is 0 Å². The molecule has 1 heterocycles. The molecule has 1 aromatic heterocycles. The molecule has 0 aliphatic carbocycles. The lowest BCUT2D eigenvalue weighted by Crippen LogP contribution is -2.19. The Morgan fingerprint density at radius 1 is 1.12 bits per heavy atom. The van der Waals surface area contributed by atoms with Gasteiger partial charge in [0, 0.05) is 17.4 Å². The van der Waals surface area contributed by atoms with Crippen LogP contribution in [0.1, 0.15) is 27.5 Å². The number of halogens is 2. The van der Waals surface area contributed by atoms with Gasteiger partial charge in [0.2, 0.25) is 0 Å². The number of rotatable bonds is 6. The van der Waals surface area contributed by atoms with Crippen molar-refractivity contribution in [3.8, 4) is 5.75 Å². The second-order valence-electron chi connectivity index (χ2n) is 5.49. The van der Waals surface area contributed by atoms with Crippen molar-refractivity contribution in [2.45, 2.75) is 11.6 Å². The minimum absolute atomic E-state index is 0.402. The van der Waals surface area contributed by atoms with Crippen LogP contribution in [0.5, 0.6) is 5.75 Å². The van der Waals surface area contributed by atoms with Gasteiger partial charge in [0.1, 0.15) is 11.3 Å². The second-order valence-corrected chi connectivity index (χ2v) is 6.37. The Balaban J connectivity index is 1.87. The number of aromatic nitrogens is 2. The van der Waals surface area contributed by atoms with Gasteiger partial charge >= 0.3 is 5.97 Å². The Labute approximate surface area is 161 Å². The summed E-state index contributed by atoms with van der Waals surface area (Å²) < 4.78 is 12.5. The lowest BCUT2D eigenvalue weighted by molar-refractivity contribution is 0.0238. The quantitative estimate of drug-likeness (QED) is 0.444. The van der Waals surface area contributed by atoms with Crippen molar-refractivity contribution >= 4 is 29.2 Å². The predicted molar refractivity (Wildman–Crippen MR) is 99.7 cm³/mol. The molecule has 0 radical (unpaired) electrons. The van der Waals surface area contributed by atoms with E-state index in [-0.39, 0.29) is 0 Å². The maximum Gasteiger partial charge on any atom is 0.338 e. The van der Waals surface area contributed by atoms with E-state index < -0.39 is 17.6 Å². The zero-order chi connectivity index (χ0) is 18.5. The van der Waals surface area contributed by atoms with E-state index in [4.69, 9.17) is 32.7 Å². The van der Waals surface area contributed by atoms with E-state index in [2.05, 4.69) is 4.98 Å². The van der Waals surface area contributed by atoms with Gasteiger partial charge in [-0.3, -0.25) is 0 Å². The summed E-state index contributed by atoms with van der Waals surface area (Å²) in [5.74, 6) is 0.169. The minimum atomic E-state index is -0.724. The summed E-state index contributed by atoms with van der Waals surface area (Å²) in [6.45, 7) is 0. The summed E-state index contributed by atoms with van der Waals surface area (Å²) >= 11 is 12.5. The fraction of sp³-hybridized carbons (Fsp3) is 0.158. The molecule has 0 aliphatic heterocycles. The number of benzene rings is 2. The summed E-state index contributed by atoms with van der Waals surface area (Å²) in [5, 5.41) is 0.586. The second kappa shape index (κ2) is 8.25. The number of alkyl halides is 1. The number of esters is 1. The molecule has 2 unspecified atom stereocenters. The summed E-state index contributed by atoms with van der Waals surface area (Å²) in [7, 11) is 1.56. The molecule has 3 aromatic rings. The van der Waals surface area contributed by atoms with Crippen molar-refractivity contribution in [2.75, 3.05) is 7.11 Å². The molecule has 0 N–H and O–H groups in total. The summed E-state index contributed by atoms with van der Waals surface area (Å²) in [6, 6.07) is 13.7. The molecule has 0 spiro atoms. The van der Waals surface area contributed by atoms with Crippen LogP contribution in [0, 0.1) is 0 Å². The van der Waals surface area contributed by atoms with Crippen molar-refractivity contribution in [3.05, 3.63) is 83.4 Å². The first-order valence-corrected chi connectivity index (χ1v) is 8.62. The van der Waals surface area contributed by atoms with Crippen LogP contribution in [0.15, 0.2) is 67.3 Å². The zero-order valence-corrected chi connectivity index (χ0v) is 15.4. The third kappa shape index (κ3) is 4.18. The number of hydrogen-bond donors (Lipinski definition) is 0. The lowest BCUT2D eigenvalue weighted by atomic mass is 10.1. The molecule has 0 amide bonds. The zero-order valence-electron chi connectivity index (χ0n) is 13.9. The van der Waals surface area contributed by atoms with Crippen LogP contribution in [0.25, 0.3) is 0 Å². The lowest BCUT2D eigenvalue weighted by Gasteiger charge is -2.24. The van der Waals surface area contributed by atoms with Gasteiger partial charge in [-0.15, -0.1) is 0 Å². The summed E-state index contributed by atoms with van der Waals surface area (Å²) in [5.41, 5.74) is 0.463. The normalized spacial score (nSPS) is 13.0. The topological polar surface area (TPSA) is 53.4 Å². The van der Waals surface area contributed by atoms with E-state index >= 15 is 0 Å². The summed E-state index contributed by atoms with van der Waals surface area (Å²) in [6.07, 6.45) is 4.17. The van der Waals surface area contributed by atoms with Gasteiger partial charge in [-0.1, -0.05) is 35.3 Å². The van der Waals surface area contributed by atoms with E-state index in [1.54, 1.807) is 78.9 Å². The molecule has 7 heteroatoms. The highest BCUT2D eigenvalue weighted by atomic mass is 35.5. The molecule has 2 aromatic carbocycles. The van der Waals surface area contributed by atoms with Crippen LogP contribution < -0.4 is 4.74 Å². The van der Waals surface area contributed by atoms with E-state index in [1.165, 1.54) is 0 Å². The smallest absolute Gasteiger partial charge is 0.338 e. The SMILES string of the molecule is COc1ccc(C(=O)OC(c2ccc(Cl)cc2)C(Cl)n2ccnc2)cc1. The van der Waals surface area contributed by atoms with Crippen LogP contribution in [0.4, 0.5) is 0 Å². The summed E-state index contributed by atoms with van der Waals surface area (Å²) in [4.78, 5) is 16.6. The van der Waals surface area contributed by atoms with Crippen LogP contribution >= 0.6 is 23.2 Å². The minimum Gasteiger partial charge on any atom is -0.497 e. The number of imidazole rings is 1. The van der Waals surface area contributed by atoms with E-state index in [9.17, 15) is 4.79 Å². The molecule has 134 valence electrons. The fourth-order valence-electron chi connectivity index (χ4n) is 2.42. The van der Waals surface area contributed by atoms with Crippen LogP contribution in [-0.4, -0.2) is 22.6 Å². The molecule has 0 aliphatic rings. The van der Waals surface area contributed by atoms with Crippen molar-refractivity contribution in [2.24, 2.45) is 0 Å². The van der Waals surface area contributed by atoms with Crippen molar-refractivity contribution < 1.29 is 14.3 Å². The maximum atomic E-state index is 12.6.